The van der Waals surface area contributed by atoms with E-state index in [2.05, 4.69) is 33.8 Å². The molecule has 22 heavy (non-hydrogen) atoms. The minimum Gasteiger partial charge on any atom is -0.504 e. The minimum atomic E-state index is 0.1000. The van der Waals surface area contributed by atoms with Gasteiger partial charge < -0.3 is 10.2 Å². The monoisotopic (exact) mass is 300 g/mol. The number of rotatable bonds is 1. The molecule has 1 aromatic carbocycles. The van der Waals surface area contributed by atoms with E-state index >= 15 is 0 Å². The Balaban J connectivity index is 2.33. The van der Waals surface area contributed by atoms with Crippen molar-refractivity contribution >= 4 is 0 Å². The Hall–Kier alpha value is -1.44. The molecule has 3 rings (SSSR count). The molecule has 0 saturated heterocycles. The van der Waals surface area contributed by atoms with Crippen molar-refractivity contribution in [3.63, 3.8) is 0 Å². The molecule has 1 aromatic rings. The molecular weight excluding hydrogens is 272 g/mol. The zero-order chi connectivity index (χ0) is 16.2. The summed E-state index contributed by atoms with van der Waals surface area (Å²) in [7, 11) is 0. The standard InChI is InChI=1S/C20H28O2/c1-10(2)8-14-9-12(4)15-7-6-11(3)16-18(15)17(14)13(5)19(21)20(16)22/h8,11-12,14-15,21-22H,6-7,9H2,1-5H3/t11?,12-,14-,15+/m0/s1. The first kappa shape index (κ1) is 15.5. The summed E-state index contributed by atoms with van der Waals surface area (Å²) < 4.78 is 0. The molecule has 1 unspecified atom stereocenters. The summed E-state index contributed by atoms with van der Waals surface area (Å²) in [4.78, 5) is 0. The normalized spacial score (nSPS) is 29.9. The van der Waals surface area contributed by atoms with Crippen molar-refractivity contribution in [2.75, 3.05) is 0 Å². The van der Waals surface area contributed by atoms with Crippen molar-refractivity contribution in [2.45, 2.75) is 71.6 Å². The number of allylic oxidation sites excluding steroid dienone is 2. The summed E-state index contributed by atoms with van der Waals surface area (Å²) in [5, 5.41) is 21.0. The second-order valence-corrected chi connectivity index (χ2v) is 7.71. The minimum absolute atomic E-state index is 0.1000. The van der Waals surface area contributed by atoms with Crippen molar-refractivity contribution in [3.8, 4) is 11.5 Å². The molecule has 0 heterocycles. The number of aromatic hydroxyl groups is 2. The molecule has 0 aromatic heterocycles. The van der Waals surface area contributed by atoms with Crippen LogP contribution in [0.2, 0.25) is 0 Å². The Morgan fingerprint density at radius 1 is 1.00 bits per heavy atom. The van der Waals surface area contributed by atoms with Crippen molar-refractivity contribution in [2.24, 2.45) is 5.92 Å². The number of phenolic OH excluding ortho intramolecular Hbond substituents is 2. The highest BCUT2D eigenvalue weighted by Gasteiger charge is 2.40. The van der Waals surface area contributed by atoms with E-state index in [-0.39, 0.29) is 11.5 Å². The van der Waals surface area contributed by atoms with Crippen molar-refractivity contribution < 1.29 is 10.2 Å². The van der Waals surface area contributed by atoms with Gasteiger partial charge in [-0.3, -0.25) is 0 Å². The van der Waals surface area contributed by atoms with Crippen LogP contribution in [0.3, 0.4) is 0 Å². The van der Waals surface area contributed by atoms with Gasteiger partial charge >= 0.3 is 0 Å². The third-order valence-corrected chi connectivity index (χ3v) is 5.81. The lowest BCUT2D eigenvalue weighted by Crippen LogP contribution is -2.28. The molecule has 2 N–H and O–H groups in total. The Bertz CT molecular complexity index is 638. The van der Waals surface area contributed by atoms with Gasteiger partial charge in [-0.05, 0) is 74.5 Å². The molecule has 2 aliphatic rings. The molecule has 0 fully saturated rings. The Kier molecular flexibility index (Phi) is 3.74. The molecule has 0 radical (unpaired) electrons. The van der Waals surface area contributed by atoms with Gasteiger partial charge in [0, 0.05) is 11.5 Å². The van der Waals surface area contributed by atoms with E-state index in [9.17, 15) is 10.2 Å². The first-order valence-electron chi connectivity index (χ1n) is 8.56. The van der Waals surface area contributed by atoms with Gasteiger partial charge in [-0.15, -0.1) is 0 Å². The maximum Gasteiger partial charge on any atom is 0.161 e. The molecule has 4 atom stereocenters. The highest BCUT2D eigenvalue weighted by atomic mass is 16.3. The van der Waals surface area contributed by atoms with E-state index in [1.807, 2.05) is 6.92 Å². The topological polar surface area (TPSA) is 40.5 Å². The molecule has 2 heteroatoms. The molecule has 0 bridgehead atoms. The first-order chi connectivity index (χ1) is 10.3. The summed E-state index contributed by atoms with van der Waals surface area (Å²) in [5.41, 5.74) is 5.87. The quantitative estimate of drug-likeness (QED) is 0.533. The first-order valence-corrected chi connectivity index (χ1v) is 8.56. The van der Waals surface area contributed by atoms with E-state index in [1.54, 1.807) is 0 Å². The van der Waals surface area contributed by atoms with Crippen molar-refractivity contribution in [3.05, 3.63) is 33.9 Å². The zero-order valence-corrected chi connectivity index (χ0v) is 14.4. The van der Waals surface area contributed by atoms with Crippen LogP contribution in [0.1, 0.15) is 87.0 Å². The molecule has 2 aliphatic carbocycles. The van der Waals surface area contributed by atoms with E-state index < -0.39 is 0 Å². The summed E-state index contributed by atoms with van der Waals surface area (Å²) in [6.07, 6.45) is 5.78. The number of benzene rings is 1. The van der Waals surface area contributed by atoms with Gasteiger partial charge in [-0.1, -0.05) is 25.5 Å². The predicted octanol–water partition coefficient (Wildman–Crippen LogP) is 5.48. The van der Waals surface area contributed by atoms with Crippen LogP contribution in [-0.2, 0) is 0 Å². The SMILES string of the molecule is CC(C)=C[C@H]1C[C@H](C)[C@H]2CCC(C)c3c(O)c(O)c(C)c1c32. The molecular formula is C20H28O2. The molecule has 0 spiro atoms. The second kappa shape index (κ2) is 5.33. The Labute approximate surface area is 133 Å². The summed E-state index contributed by atoms with van der Waals surface area (Å²) in [5.74, 6) is 2.09. The van der Waals surface area contributed by atoms with Crippen LogP contribution in [0.5, 0.6) is 11.5 Å². The number of hydrogen-bond acceptors (Lipinski definition) is 2. The fraction of sp³-hybridized carbons (Fsp3) is 0.600. The van der Waals surface area contributed by atoms with Crippen LogP contribution in [0, 0.1) is 12.8 Å². The van der Waals surface area contributed by atoms with Gasteiger partial charge in [-0.25, -0.2) is 0 Å². The largest absolute Gasteiger partial charge is 0.504 e. The van der Waals surface area contributed by atoms with Gasteiger partial charge in [-0.2, -0.15) is 0 Å². The van der Waals surface area contributed by atoms with E-state index in [0.717, 1.165) is 24.0 Å². The van der Waals surface area contributed by atoms with Gasteiger partial charge in [0.15, 0.2) is 11.5 Å². The molecule has 2 nitrogen and oxygen atoms in total. The molecule has 0 saturated carbocycles. The smallest absolute Gasteiger partial charge is 0.161 e. The van der Waals surface area contributed by atoms with Gasteiger partial charge in [0.05, 0.1) is 0 Å². The third kappa shape index (κ3) is 2.15. The van der Waals surface area contributed by atoms with E-state index in [4.69, 9.17) is 0 Å². The lowest BCUT2D eigenvalue weighted by molar-refractivity contribution is 0.318. The van der Waals surface area contributed by atoms with Crippen LogP contribution < -0.4 is 0 Å². The van der Waals surface area contributed by atoms with Crippen molar-refractivity contribution in [1.82, 2.24) is 0 Å². The predicted molar refractivity (Wildman–Crippen MR) is 90.9 cm³/mol. The summed E-state index contributed by atoms with van der Waals surface area (Å²) >= 11 is 0. The molecule has 120 valence electrons. The molecule has 0 aliphatic heterocycles. The lowest BCUT2D eigenvalue weighted by atomic mass is 9.62. The van der Waals surface area contributed by atoms with Crippen LogP contribution in [0.4, 0.5) is 0 Å². The van der Waals surface area contributed by atoms with Crippen LogP contribution >= 0.6 is 0 Å². The highest BCUT2D eigenvalue weighted by Crippen LogP contribution is 2.57. The molecule has 0 amide bonds. The van der Waals surface area contributed by atoms with Crippen LogP contribution in [-0.4, -0.2) is 10.2 Å². The summed E-state index contributed by atoms with van der Waals surface area (Å²) in [6, 6.07) is 0. The fourth-order valence-corrected chi connectivity index (χ4v) is 4.81. The van der Waals surface area contributed by atoms with Crippen LogP contribution in [0.15, 0.2) is 11.6 Å². The zero-order valence-electron chi connectivity index (χ0n) is 14.4. The van der Waals surface area contributed by atoms with E-state index in [0.29, 0.717) is 23.7 Å². The Morgan fingerprint density at radius 3 is 2.32 bits per heavy atom. The Morgan fingerprint density at radius 2 is 1.68 bits per heavy atom. The average molecular weight is 300 g/mol. The fourth-order valence-electron chi connectivity index (χ4n) is 4.81. The van der Waals surface area contributed by atoms with E-state index in [1.165, 1.54) is 23.1 Å². The van der Waals surface area contributed by atoms with Gasteiger partial charge in [0.25, 0.3) is 0 Å². The second-order valence-electron chi connectivity index (χ2n) is 7.71. The number of phenols is 2. The third-order valence-electron chi connectivity index (χ3n) is 5.81. The summed E-state index contributed by atoms with van der Waals surface area (Å²) in [6.45, 7) is 10.8. The number of hydrogen-bond donors (Lipinski definition) is 2. The van der Waals surface area contributed by atoms with Crippen molar-refractivity contribution in [1.29, 1.82) is 0 Å². The average Bonchev–Trinajstić information content (AvgIpc) is 2.43. The highest BCUT2D eigenvalue weighted by molar-refractivity contribution is 5.63. The maximum atomic E-state index is 10.5. The van der Waals surface area contributed by atoms with Gasteiger partial charge in [0.2, 0.25) is 0 Å². The van der Waals surface area contributed by atoms with Gasteiger partial charge in [0.1, 0.15) is 0 Å². The maximum absolute atomic E-state index is 10.5. The lowest BCUT2D eigenvalue weighted by Gasteiger charge is -2.43. The van der Waals surface area contributed by atoms with Crippen LogP contribution in [0.25, 0.3) is 0 Å².